The van der Waals surface area contributed by atoms with Crippen LogP contribution in [0.5, 0.6) is 0 Å². The van der Waals surface area contributed by atoms with Gasteiger partial charge in [0.15, 0.2) is 0 Å². The van der Waals surface area contributed by atoms with E-state index in [4.69, 9.17) is 0 Å². The zero-order valence-electron chi connectivity index (χ0n) is 9.69. The molecule has 1 rings (SSSR count). The van der Waals surface area contributed by atoms with Gasteiger partial charge in [0.05, 0.1) is 0 Å². The van der Waals surface area contributed by atoms with Crippen LogP contribution >= 0.6 is 0 Å². The summed E-state index contributed by atoms with van der Waals surface area (Å²) in [4.78, 5) is 0.816. The van der Waals surface area contributed by atoms with E-state index in [0.717, 1.165) is 16.0 Å². The third-order valence-corrected chi connectivity index (χ3v) is 3.40. The minimum absolute atomic E-state index is 0.695. The summed E-state index contributed by atoms with van der Waals surface area (Å²) in [5, 5.41) is 0. The topological polar surface area (TPSA) is 29.1 Å². The van der Waals surface area contributed by atoms with E-state index >= 15 is 0 Å². The van der Waals surface area contributed by atoms with Gasteiger partial charge in [-0.1, -0.05) is 43.8 Å². The van der Waals surface area contributed by atoms with Crippen LogP contribution in [-0.2, 0) is 11.0 Å². The van der Waals surface area contributed by atoms with Crippen molar-refractivity contribution in [2.24, 2.45) is 0 Å². The molecule has 1 atom stereocenters. The molecule has 3 heteroatoms. The van der Waals surface area contributed by atoms with Crippen LogP contribution in [0.25, 0.3) is 12.2 Å². The third kappa shape index (κ3) is 3.43. The average molecular weight is 235 g/mol. The fraction of sp³-hybridized carbons (Fsp3) is 0.231. The first-order valence-electron chi connectivity index (χ1n) is 5.24. The van der Waals surface area contributed by atoms with E-state index < -0.39 is 11.0 Å². The quantitative estimate of drug-likeness (QED) is 0.835. The summed E-state index contributed by atoms with van der Waals surface area (Å²) in [7, 11) is -1.10. The molecular formula is C13H17NOS. The molecule has 0 amide bonds. The number of allylic oxidation sites excluding steroid dienone is 1. The van der Waals surface area contributed by atoms with Crippen LogP contribution in [0.3, 0.4) is 0 Å². The van der Waals surface area contributed by atoms with Gasteiger partial charge in [-0.25, -0.2) is 8.93 Å². The molecule has 0 heterocycles. The monoisotopic (exact) mass is 235 g/mol. The first kappa shape index (κ1) is 12.9. The van der Waals surface area contributed by atoms with Gasteiger partial charge in [-0.2, -0.15) is 0 Å². The Morgan fingerprint density at radius 3 is 2.62 bits per heavy atom. The first-order valence-corrected chi connectivity index (χ1v) is 6.39. The van der Waals surface area contributed by atoms with Gasteiger partial charge >= 0.3 is 0 Å². The minimum Gasteiger partial charge on any atom is -0.238 e. The fourth-order valence-electron chi connectivity index (χ4n) is 1.35. The van der Waals surface area contributed by atoms with Crippen LogP contribution in [0.1, 0.15) is 25.0 Å². The Bertz CT molecular complexity index is 424. The molecule has 2 nitrogen and oxygen atoms in total. The van der Waals surface area contributed by atoms with Crippen LogP contribution in [-0.4, -0.2) is 10.8 Å². The van der Waals surface area contributed by atoms with Crippen molar-refractivity contribution in [3.05, 3.63) is 46.9 Å². The van der Waals surface area contributed by atoms with Crippen LogP contribution in [0, 0.1) is 0 Å². The normalized spacial score (nSPS) is 13.5. The molecule has 1 aromatic carbocycles. The molecule has 0 bridgehead atoms. The second kappa shape index (κ2) is 6.40. The standard InChI is InChI=1S/C13H17NOS/c1-4-12-8-6-7-9-13(12)10-11(3)16(15)14-5-2/h4,6-10,14H,1,5H2,2-3H3/b11-10+. The Labute approximate surface area is 99.7 Å². The van der Waals surface area contributed by atoms with E-state index in [2.05, 4.69) is 11.3 Å². The highest BCUT2D eigenvalue weighted by atomic mass is 32.2. The summed E-state index contributed by atoms with van der Waals surface area (Å²) < 4.78 is 14.5. The lowest BCUT2D eigenvalue weighted by Gasteiger charge is -2.04. The summed E-state index contributed by atoms with van der Waals surface area (Å²) in [5.41, 5.74) is 2.09. The lowest BCUT2D eigenvalue weighted by atomic mass is 10.1. The Hall–Kier alpha value is -1.19. The second-order valence-electron chi connectivity index (χ2n) is 3.35. The molecule has 16 heavy (non-hydrogen) atoms. The molecule has 0 radical (unpaired) electrons. The van der Waals surface area contributed by atoms with Crippen molar-refractivity contribution in [3.8, 4) is 0 Å². The smallest absolute Gasteiger partial charge is 0.120 e. The largest absolute Gasteiger partial charge is 0.238 e. The summed E-state index contributed by atoms with van der Waals surface area (Å²) in [6.45, 7) is 8.25. The highest BCUT2D eigenvalue weighted by Gasteiger charge is 2.01. The fourth-order valence-corrected chi connectivity index (χ4v) is 2.07. The van der Waals surface area contributed by atoms with Crippen molar-refractivity contribution < 1.29 is 4.21 Å². The summed E-state index contributed by atoms with van der Waals surface area (Å²) >= 11 is 0. The van der Waals surface area contributed by atoms with Crippen LogP contribution < -0.4 is 4.72 Å². The van der Waals surface area contributed by atoms with Gasteiger partial charge in [0.25, 0.3) is 0 Å². The third-order valence-electron chi connectivity index (χ3n) is 2.14. The molecule has 0 aliphatic rings. The van der Waals surface area contributed by atoms with E-state index in [0.29, 0.717) is 6.54 Å². The van der Waals surface area contributed by atoms with Gasteiger partial charge in [-0.05, 0) is 24.1 Å². The number of hydrogen-bond acceptors (Lipinski definition) is 1. The Kier molecular flexibility index (Phi) is 5.15. The van der Waals surface area contributed by atoms with Gasteiger partial charge in [-0.15, -0.1) is 0 Å². The summed E-state index contributed by atoms with van der Waals surface area (Å²) in [5.74, 6) is 0. The van der Waals surface area contributed by atoms with Gasteiger partial charge in [0, 0.05) is 11.4 Å². The maximum absolute atomic E-state index is 11.7. The zero-order valence-corrected chi connectivity index (χ0v) is 10.5. The number of benzene rings is 1. The zero-order chi connectivity index (χ0) is 12.0. The van der Waals surface area contributed by atoms with Crippen molar-refractivity contribution in [3.63, 3.8) is 0 Å². The highest BCUT2D eigenvalue weighted by molar-refractivity contribution is 7.87. The van der Waals surface area contributed by atoms with E-state index in [1.54, 1.807) is 6.08 Å². The van der Waals surface area contributed by atoms with E-state index in [1.165, 1.54) is 0 Å². The molecule has 0 fully saturated rings. The molecule has 0 aliphatic carbocycles. The van der Waals surface area contributed by atoms with E-state index in [-0.39, 0.29) is 0 Å². The molecule has 0 saturated heterocycles. The highest BCUT2D eigenvalue weighted by Crippen LogP contribution is 2.15. The predicted octanol–water partition coefficient (Wildman–Crippen LogP) is 2.96. The van der Waals surface area contributed by atoms with E-state index in [1.807, 2.05) is 44.2 Å². The average Bonchev–Trinajstić information content (AvgIpc) is 2.30. The van der Waals surface area contributed by atoms with Crippen molar-refractivity contribution >= 4 is 23.1 Å². The van der Waals surface area contributed by atoms with Gasteiger partial charge in [0.1, 0.15) is 11.0 Å². The molecule has 1 aromatic rings. The molecule has 86 valence electrons. The number of rotatable bonds is 5. The van der Waals surface area contributed by atoms with E-state index in [9.17, 15) is 4.21 Å². The van der Waals surface area contributed by atoms with Gasteiger partial charge < -0.3 is 0 Å². The Balaban J connectivity index is 2.97. The second-order valence-corrected chi connectivity index (χ2v) is 4.82. The predicted molar refractivity (Wildman–Crippen MR) is 72.0 cm³/mol. The molecule has 0 saturated carbocycles. The summed E-state index contributed by atoms with van der Waals surface area (Å²) in [6.07, 6.45) is 3.73. The maximum Gasteiger partial charge on any atom is 0.120 e. The van der Waals surface area contributed by atoms with Crippen molar-refractivity contribution in [1.29, 1.82) is 0 Å². The van der Waals surface area contributed by atoms with Crippen LogP contribution in [0.15, 0.2) is 35.7 Å². The Morgan fingerprint density at radius 2 is 2.06 bits per heavy atom. The van der Waals surface area contributed by atoms with Crippen molar-refractivity contribution in [1.82, 2.24) is 4.72 Å². The Morgan fingerprint density at radius 1 is 1.44 bits per heavy atom. The molecule has 0 spiro atoms. The van der Waals surface area contributed by atoms with Crippen LogP contribution in [0.2, 0.25) is 0 Å². The maximum atomic E-state index is 11.7. The lowest BCUT2D eigenvalue weighted by molar-refractivity contribution is 0.678. The van der Waals surface area contributed by atoms with Gasteiger partial charge in [-0.3, -0.25) is 0 Å². The molecular weight excluding hydrogens is 218 g/mol. The molecule has 1 unspecified atom stereocenters. The number of nitrogens with one attached hydrogen (secondary N) is 1. The van der Waals surface area contributed by atoms with Crippen LogP contribution in [0.4, 0.5) is 0 Å². The lowest BCUT2D eigenvalue weighted by Crippen LogP contribution is -2.16. The summed E-state index contributed by atoms with van der Waals surface area (Å²) in [6, 6.07) is 7.90. The molecule has 0 aliphatic heterocycles. The minimum atomic E-state index is -1.10. The first-order chi connectivity index (χ1) is 7.69. The number of hydrogen-bond donors (Lipinski definition) is 1. The molecule has 1 N–H and O–H groups in total. The van der Waals surface area contributed by atoms with Crippen molar-refractivity contribution in [2.75, 3.05) is 6.54 Å². The molecule has 0 aromatic heterocycles. The SMILES string of the molecule is C=Cc1ccccc1/C=C(\C)S(=O)NCC. The van der Waals surface area contributed by atoms with Crippen molar-refractivity contribution in [2.45, 2.75) is 13.8 Å². The van der Waals surface area contributed by atoms with Gasteiger partial charge in [0.2, 0.25) is 0 Å².